The van der Waals surface area contributed by atoms with Gasteiger partial charge in [0.05, 0.1) is 14.2 Å². The second-order valence-corrected chi connectivity index (χ2v) is 2.11. The molecule has 14 heavy (non-hydrogen) atoms. The van der Waals surface area contributed by atoms with E-state index in [9.17, 15) is 9.59 Å². The van der Waals surface area contributed by atoms with Crippen LogP contribution in [0.3, 0.4) is 0 Å². The molecule has 0 saturated carbocycles. The summed E-state index contributed by atoms with van der Waals surface area (Å²) in [5.74, 6) is 8.96. The Morgan fingerprint density at radius 1 is 0.929 bits per heavy atom. The largest absolute Gasteiger partial charge is 0.468 e. The minimum absolute atomic E-state index is 0.00338. The van der Waals surface area contributed by atoms with Crippen LogP contribution < -0.4 is 0 Å². The Bertz CT molecular complexity index is 288. The number of carbonyl (C=O) groups is 2. The fourth-order valence-electron chi connectivity index (χ4n) is 0.465. The van der Waals surface area contributed by atoms with Gasteiger partial charge in [0.25, 0.3) is 0 Å². The zero-order valence-corrected chi connectivity index (χ0v) is 8.05. The second kappa shape index (κ2) is 7.70. The molecule has 0 aliphatic heterocycles. The van der Waals surface area contributed by atoms with Crippen molar-refractivity contribution in [2.24, 2.45) is 0 Å². The van der Waals surface area contributed by atoms with Crippen molar-refractivity contribution in [1.29, 1.82) is 0 Å². The molecule has 0 atom stereocenters. The van der Waals surface area contributed by atoms with Gasteiger partial charge < -0.3 is 9.47 Å². The maximum absolute atomic E-state index is 10.6. The highest BCUT2D eigenvalue weighted by Crippen LogP contribution is 1.80. The molecule has 0 N–H and O–H groups in total. The first-order valence-corrected chi connectivity index (χ1v) is 3.80. The fourth-order valence-corrected chi connectivity index (χ4v) is 0.465. The molecule has 0 aliphatic rings. The molecule has 0 aromatic rings. The molecule has 0 aliphatic carbocycles. The van der Waals surface area contributed by atoms with Crippen molar-refractivity contribution in [2.75, 3.05) is 14.2 Å². The SMILES string of the molecule is COC(=O)CC#CC#CCC(=O)OC. The summed E-state index contributed by atoms with van der Waals surface area (Å²) >= 11 is 0. The summed E-state index contributed by atoms with van der Waals surface area (Å²) in [6.45, 7) is 0. The maximum atomic E-state index is 10.6. The predicted molar refractivity (Wildman–Crippen MR) is 48.8 cm³/mol. The van der Waals surface area contributed by atoms with Crippen molar-refractivity contribution < 1.29 is 19.1 Å². The third kappa shape index (κ3) is 6.75. The van der Waals surface area contributed by atoms with Crippen molar-refractivity contribution in [1.82, 2.24) is 0 Å². The van der Waals surface area contributed by atoms with Crippen LogP contribution in [-0.4, -0.2) is 26.2 Å². The Hall–Kier alpha value is -1.94. The van der Waals surface area contributed by atoms with Crippen molar-refractivity contribution in [3.63, 3.8) is 0 Å². The van der Waals surface area contributed by atoms with Crippen LogP contribution >= 0.6 is 0 Å². The molecule has 0 spiro atoms. The summed E-state index contributed by atoms with van der Waals surface area (Å²) < 4.78 is 8.70. The number of methoxy groups -OCH3 is 2. The molecule has 0 aromatic heterocycles. The van der Waals surface area contributed by atoms with Gasteiger partial charge in [-0.3, -0.25) is 9.59 Å². The Balaban J connectivity index is 3.79. The number of ether oxygens (including phenoxy) is 2. The third-order valence-corrected chi connectivity index (χ3v) is 1.16. The molecule has 0 rings (SSSR count). The van der Waals surface area contributed by atoms with E-state index in [1.165, 1.54) is 14.2 Å². The Labute approximate surface area is 82.6 Å². The monoisotopic (exact) mass is 194 g/mol. The molecular formula is C10H10O4. The molecule has 0 radical (unpaired) electrons. The summed E-state index contributed by atoms with van der Waals surface area (Å²) in [4.78, 5) is 21.1. The van der Waals surface area contributed by atoms with Crippen LogP contribution in [0.2, 0.25) is 0 Å². The molecule has 0 fully saturated rings. The van der Waals surface area contributed by atoms with Crippen molar-refractivity contribution in [3.8, 4) is 23.7 Å². The molecule has 0 amide bonds. The minimum Gasteiger partial charge on any atom is -0.468 e. The van der Waals surface area contributed by atoms with Crippen LogP contribution in [0.4, 0.5) is 0 Å². The van der Waals surface area contributed by atoms with Gasteiger partial charge in [-0.25, -0.2) is 0 Å². The molecular weight excluding hydrogens is 184 g/mol. The van der Waals surface area contributed by atoms with Gasteiger partial charge in [0, 0.05) is 0 Å². The average molecular weight is 194 g/mol. The van der Waals surface area contributed by atoms with E-state index in [-0.39, 0.29) is 12.8 Å². The Morgan fingerprint density at radius 3 is 1.57 bits per heavy atom. The standard InChI is InChI=1S/C10H10O4/c1-13-9(11)7-5-3-4-6-8-10(12)14-2/h7-8H2,1-2H3. The first-order chi connectivity index (χ1) is 6.70. The van der Waals surface area contributed by atoms with Gasteiger partial charge in [-0.05, 0) is 11.8 Å². The third-order valence-electron chi connectivity index (χ3n) is 1.16. The van der Waals surface area contributed by atoms with Gasteiger partial charge in [-0.1, -0.05) is 11.8 Å². The fraction of sp³-hybridized carbons (Fsp3) is 0.400. The van der Waals surface area contributed by atoms with E-state index in [4.69, 9.17) is 0 Å². The predicted octanol–water partition coefficient (Wildman–Crippen LogP) is 0.119. The minimum atomic E-state index is -0.410. The highest BCUT2D eigenvalue weighted by molar-refractivity contribution is 5.73. The van der Waals surface area contributed by atoms with Crippen molar-refractivity contribution in [3.05, 3.63) is 0 Å². The van der Waals surface area contributed by atoms with E-state index in [2.05, 4.69) is 33.2 Å². The molecule has 0 saturated heterocycles. The number of hydrogen-bond acceptors (Lipinski definition) is 4. The molecule has 74 valence electrons. The van der Waals surface area contributed by atoms with E-state index in [0.717, 1.165) is 0 Å². The van der Waals surface area contributed by atoms with Crippen LogP contribution in [0.1, 0.15) is 12.8 Å². The van der Waals surface area contributed by atoms with Gasteiger partial charge in [-0.15, -0.1) is 0 Å². The van der Waals surface area contributed by atoms with E-state index in [1.54, 1.807) is 0 Å². The summed E-state index contributed by atoms with van der Waals surface area (Å²) in [5, 5.41) is 0. The summed E-state index contributed by atoms with van der Waals surface area (Å²) in [6.07, 6.45) is 0.00675. The lowest BCUT2D eigenvalue weighted by molar-refractivity contribution is -0.140. The van der Waals surface area contributed by atoms with Gasteiger partial charge in [-0.2, -0.15) is 0 Å². The zero-order valence-electron chi connectivity index (χ0n) is 8.05. The molecule has 0 unspecified atom stereocenters. The second-order valence-electron chi connectivity index (χ2n) is 2.11. The summed E-state index contributed by atoms with van der Waals surface area (Å²) in [5.41, 5.74) is 0. The smallest absolute Gasteiger partial charge is 0.317 e. The number of hydrogen-bond donors (Lipinski definition) is 0. The lowest BCUT2D eigenvalue weighted by Gasteiger charge is -1.88. The highest BCUT2D eigenvalue weighted by atomic mass is 16.5. The quantitative estimate of drug-likeness (QED) is 0.463. The first kappa shape index (κ1) is 12.1. The topological polar surface area (TPSA) is 52.6 Å². The molecule has 4 nitrogen and oxygen atoms in total. The van der Waals surface area contributed by atoms with Gasteiger partial charge >= 0.3 is 11.9 Å². The van der Waals surface area contributed by atoms with Crippen LogP contribution in [-0.2, 0) is 19.1 Å². The van der Waals surface area contributed by atoms with Gasteiger partial charge in [0.2, 0.25) is 0 Å². The van der Waals surface area contributed by atoms with Crippen LogP contribution in [0, 0.1) is 23.7 Å². The lowest BCUT2D eigenvalue weighted by atomic mass is 10.4. The average Bonchev–Trinajstić information content (AvgIpc) is 2.22. The van der Waals surface area contributed by atoms with Crippen LogP contribution in [0.15, 0.2) is 0 Å². The van der Waals surface area contributed by atoms with Crippen molar-refractivity contribution >= 4 is 11.9 Å². The van der Waals surface area contributed by atoms with Crippen LogP contribution in [0.5, 0.6) is 0 Å². The Morgan fingerprint density at radius 2 is 1.29 bits per heavy atom. The summed E-state index contributed by atoms with van der Waals surface area (Å²) in [7, 11) is 2.57. The molecule has 0 bridgehead atoms. The highest BCUT2D eigenvalue weighted by Gasteiger charge is 1.93. The van der Waals surface area contributed by atoms with Gasteiger partial charge in [0.15, 0.2) is 0 Å². The number of esters is 2. The summed E-state index contributed by atoms with van der Waals surface area (Å²) in [6, 6.07) is 0. The molecule has 4 heteroatoms. The normalized spacial score (nSPS) is 7.29. The van der Waals surface area contributed by atoms with E-state index in [1.807, 2.05) is 0 Å². The first-order valence-electron chi connectivity index (χ1n) is 3.80. The maximum Gasteiger partial charge on any atom is 0.317 e. The van der Waals surface area contributed by atoms with E-state index >= 15 is 0 Å². The van der Waals surface area contributed by atoms with E-state index < -0.39 is 11.9 Å². The molecule has 0 aromatic carbocycles. The van der Waals surface area contributed by atoms with E-state index in [0.29, 0.717) is 0 Å². The van der Waals surface area contributed by atoms with Gasteiger partial charge in [0.1, 0.15) is 12.8 Å². The molecule has 0 heterocycles. The number of carbonyl (C=O) groups excluding carboxylic acids is 2. The lowest BCUT2D eigenvalue weighted by Crippen LogP contribution is -1.97. The van der Waals surface area contributed by atoms with Crippen molar-refractivity contribution in [2.45, 2.75) is 12.8 Å². The number of rotatable bonds is 2. The zero-order chi connectivity index (χ0) is 10.8. The van der Waals surface area contributed by atoms with Crippen LogP contribution in [0.25, 0.3) is 0 Å². The Kier molecular flexibility index (Phi) is 6.63.